The zero-order valence-corrected chi connectivity index (χ0v) is 14.6. The van der Waals surface area contributed by atoms with Crippen LogP contribution in [0.4, 0.5) is 0 Å². The van der Waals surface area contributed by atoms with Crippen molar-refractivity contribution in [1.29, 1.82) is 0 Å². The Morgan fingerprint density at radius 1 is 1.48 bits per heavy atom. The minimum Gasteiger partial charge on any atom is -0.478 e. The number of hydrogen-bond acceptors (Lipinski definition) is 5. The Morgan fingerprint density at radius 3 is 2.84 bits per heavy atom. The van der Waals surface area contributed by atoms with E-state index in [4.69, 9.17) is 9.52 Å². The lowest BCUT2D eigenvalue weighted by atomic mass is 9.98. The second-order valence-electron chi connectivity index (χ2n) is 5.98. The van der Waals surface area contributed by atoms with Crippen LogP contribution in [-0.4, -0.2) is 34.8 Å². The molecule has 2 N–H and O–H groups in total. The Morgan fingerprint density at radius 2 is 2.24 bits per heavy atom. The van der Waals surface area contributed by atoms with Crippen molar-refractivity contribution in [2.45, 2.75) is 25.9 Å². The minimum atomic E-state index is -1.07. The summed E-state index contributed by atoms with van der Waals surface area (Å²) in [5.74, 6) is -1.20. The molecule has 8 heteroatoms. The first-order valence-electron chi connectivity index (χ1n) is 7.78. The van der Waals surface area contributed by atoms with Crippen molar-refractivity contribution in [2.24, 2.45) is 5.92 Å². The molecule has 0 saturated carbocycles. The number of rotatable bonds is 5. The Labute approximate surface area is 148 Å². The van der Waals surface area contributed by atoms with Gasteiger partial charge in [0, 0.05) is 18.3 Å². The number of nitrogens with one attached hydrogen (secondary N) is 1. The molecule has 0 bridgehead atoms. The average molecular weight is 362 g/mol. The van der Waals surface area contributed by atoms with Crippen LogP contribution in [0, 0.1) is 12.8 Å². The molecule has 7 nitrogen and oxygen atoms in total. The predicted molar refractivity (Wildman–Crippen MR) is 90.2 cm³/mol. The fourth-order valence-electron chi connectivity index (χ4n) is 3.10. The summed E-state index contributed by atoms with van der Waals surface area (Å²) in [5, 5.41) is 13.7. The normalized spacial score (nSPS) is 20.1. The summed E-state index contributed by atoms with van der Waals surface area (Å²) in [5.41, 5.74) is 0.0801. The number of carbonyl (C=O) groups is 3. The van der Waals surface area contributed by atoms with Gasteiger partial charge in [-0.15, -0.1) is 11.3 Å². The van der Waals surface area contributed by atoms with Crippen LogP contribution in [0.5, 0.6) is 0 Å². The largest absolute Gasteiger partial charge is 0.478 e. The fraction of sp³-hybridized carbons (Fsp3) is 0.353. The number of thiophene rings is 1. The quantitative estimate of drug-likeness (QED) is 0.849. The molecule has 0 unspecified atom stereocenters. The van der Waals surface area contributed by atoms with Crippen molar-refractivity contribution >= 4 is 29.1 Å². The van der Waals surface area contributed by atoms with Crippen LogP contribution < -0.4 is 5.32 Å². The molecule has 132 valence electrons. The number of likely N-dealkylation sites (tertiary alicyclic amines) is 1. The summed E-state index contributed by atoms with van der Waals surface area (Å²) in [6.45, 7) is 1.64. The zero-order chi connectivity index (χ0) is 18.1. The van der Waals surface area contributed by atoms with Gasteiger partial charge in [-0.05, 0) is 24.4 Å². The van der Waals surface area contributed by atoms with Crippen LogP contribution in [0.1, 0.15) is 39.2 Å². The van der Waals surface area contributed by atoms with Gasteiger partial charge >= 0.3 is 5.97 Å². The molecule has 2 aromatic rings. The smallest absolute Gasteiger partial charge is 0.339 e. The van der Waals surface area contributed by atoms with E-state index in [1.165, 1.54) is 17.4 Å². The van der Waals surface area contributed by atoms with Gasteiger partial charge in [-0.1, -0.05) is 6.07 Å². The van der Waals surface area contributed by atoms with Crippen molar-refractivity contribution in [1.82, 2.24) is 10.2 Å². The van der Waals surface area contributed by atoms with E-state index in [0.29, 0.717) is 11.5 Å². The second-order valence-corrected chi connectivity index (χ2v) is 6.96. The standard InChI is InChI=1S/C17H18N2O5S/c1-9-11(17(22)23)6-10(24-9)8-18-16(21)12-7-14(20)19(2)15(12)13-4-3-5-25-13/h3-6,12,15H,7-8H2,1-2H3,(H,18,21)(H,22,23)/t12-,15+/m1/s1. The maximum absolute atomic E-state index is 12.6. The fourth-order valence-corrected chi connectivity index (χ4v) is 4.04. The summed E-state index contributed by atoms with van der Waals surface area (Å²) in [6, 6.07) is 4.94. The van der Waals surface area contributed by atoms with Crippen molar-refractivity contribution in [3.8, 4) is 0 Å². The van der Waals surface area contributed by atoms with Crippen molar-refractivity contribution in [3.05, 3.63) is 45.5 Å². The first-order chi connectivity index (χ1) is 11.9. The van der Waals surface area contributed by atoms with Gasteiger partial charge in [0.25, 0.3) is 0 Å². The Balaban J connectivity index is 1.71. The van der Waals surface area contributed by atoms with E-state index < -0.39 is 11.9 Å². The topological polar surface area (TPSA) is 99.9 Å². The molecule has 0 aliphatic carbocycles. The van der Waals surface area contributed by atoms with Gasteiger partial charge in [-0.25, -0.2) is 4.79 Å². The van der Waals surface area contributed by atoms with Gasteiger partial charge in [0.1, 0.15) is 17.1 Å². The van der Waals surface area contributed by atoms with Gasteiger partial charge in [-0.2, -0.15) is 0 Å². The van der Waals surface area contributed by atoms with E-state index in [1.807, 2.05) is 17.5 Å². The minimum absolute atomic E-state index is 0.0689. The molecule has 2 amide bonds. The number of hydrogen-bond donors (Lipinski definition) is 2. The summed E-state index contributed by atoms with van der Waals surface area (Å²) >= 11 is 1.51. The number of carboxylic acid groups (broad SMARTS) is 1. The number of furan rings is 1. The highest BCUT2D eigenvalue weighted by Gasteiger charge is 2.43. The van der Waals surface area contributed by atoms with Gasteiger partial charge < -0.3 is 19.7 Å². The SMILES string of the molecule is Cc1oc(CNC(=O)[C@@H]2CC(=O)N(C)[C@@H]2c2cccs2)cc1C(=O)O. The lowest BCUT2D eigenvalue weighted by Gasteiger charge is -2.23. The molecule has 1 fully saturated rings. The number of carbonyl (C=O) groups excluding carboxylic acids is 2. The highest BCUT2D eigenvalue weighted by molar-refractivity contribution is 7.10. The van der Waals surface area contributed by atoms with E-state index in [9.17, 15) is 14.4 Å². The van der Waals surface area contributed by atoms with Gasteiger partial charge in [0.15, 0.2) is 0 Å². The number of nitrogens with zero attached hydrogens (tertiary/aromatic N) is 1. The molecule has 1 aliphatic heterocycles. The summed E-state index contributed by atoms with van der Waals surface area (Å²) in [6.07, 6.45) is 0.155. The van der Waals surface area contributed by atoms with Crippen molar-refractivity contribution in [3.63, 3.8) is 0 Å². The van der Waals surface area contributed by atoms with E-state index in [1.54, 1.807) is 18.9 Å². The second kappa shape index (κ2) is 6.72. The molecular formula is C17H18N2O5S. The van der Waals surface area contributed by atoms with Crippen LogP contribution in [0.25, 0.3) is 0 Å². The molecule has 0 spiro atoms. The van der Waals surface area contributed by atoms with Crippen LogP contribution >= 0.6 is 11.3 Å². The highest BCUT2D eigenvalue weighted by Crippen LogP contribution is 2.39. The Kier molecular flexibility index (Phi) is 4.63. The molecule has 25 heavy (non-hydrogen) atoms. The number of carboxylic acids is 1. The van der Waals surface area contributed by atoms with E-state index in [-0.39, 0.29) is 36.4 Å². The first-order valence-corrected chi connectivity index (χ1v) is 8.66. The lowest BCUT2D eigenvalue weighted by molar-refractivity contribution is -0.128. The molecule has 0 aromatic carbocycles. The van der Waals surface area contributed by atoms with Gasteiger partial charge in [0.2, 0.25) is 11.8 Å². The van der Waals surface area contributed by atoms with E-state index in [2.05, 4.69) is 5.32 Å². The zero-order valence-electron chi connectivity index (χ0n) is 13.8. The van der Waals surface area contributed by atoms with Crippen LogP contribution in [-0.2, 0) is 16.1 Å². The summed E-state index contributed by atoms with van der Waals surface area (Å²) < 4.78 is 5.36. The highest BCUT2D eigenvalue weighted by atomic mass is 32.1. The third kappa shape index (κ3) is 3.30. The third-order valence-electron chi connectivity index (χ3n) is 4.39. The summed E-state index contributed by atoms with van der Waals surface area (Å²) in [4.78, 5) is 38.3. The third-order valence-corrected chi connectivity index (χ3v) is 5.34. The van der Waals surface area contributed by atoms with Crippen molar-refractivity contribution < 1.29 is 23.9 Å². The van der Waals surface area contributed by atoms with Crippen LogP contribution in [0.15, 0.2) is 28.0 Å². The van der Waals surface area contributed by atoms with Gasteiger partial charge in [0.05, 0.1) is 18.5 Å². The van der Waals surface area contributed by atoms with Crippen LogP contribution in [0.2, 0.25) is 0 Å². The predicted octanol–water partition coefficient (Wildman–Crippen LogP) is 2.18. The average Bonchev–Trinajstić information content (AvgIpc) is 3.26. The molecule has 2 aromatic heterocycles. The Bertz CT molecular complexity index is 811. The first kappa shape index (κ1) is 17.2. The molecule has 2 atom stereocenters. The maximum atomic E-state index is 12.6. The Hall–Kier alpha value is -2.61. The summed E-state index contributed by atoms with van der Waals surface area (Å²) in [7, 11) is 1.70. The number of amides is 2. The monoisotopic (exact) mass is 362 g/mol. The molecule has 3 rings (SSSR count). The molecule has 1 aliphatic rings. The van der Waals surface area contributed by atoms with Crippen molar-refractivity contribution in [2.75, 3.05) is 7.05 Å². The number of aromatic carboxylic acids is 1. The number of aryl methyl sites for hydroxylation is 1. The van der Waals surface area contributed by atoms with Gasteiger partial charge in [-0.3, -0.25) is 9.59 Å². The maximum Gasteiger partial charge on any atom is 0.339 e. The molecule has 1 saturated heterocycles. The molecular weight excluding hydrogens is 344 g/mol. The van der Waals surface area contributed by atoms with E-state index in [0.717, 1.165) is 4.88 Å². The molecule has 0 radical (unpaired) electrons. The molecule has 3 heterocycles. The van der Waals surface area contributed by atoms with Crippen LogP contribution in [0.3, 0.4) is 0 Å². The van der Waals surface area contributed by atoms with E-state index >= 15 is 0 Å². The lowest BCUT2D eigenvalue weighted by Crippen LogP contribution is -2.33.